The summed E-state index contributed by atoms with van der Waals surface area (Å²) in [4.78, 5) is 14.5. The van der Waals surface area contributed by atoms with E-state index in [1.807, 2.05) is 13.8 Å². The van der Waals surface area contributed by atoms with Crippen molar-refractivity contribution in [2.24, 2.45) is 17.4 Å². The highest BCUT2D eigenvalue weighted by Crippen LogP contribution is 2.19. The molecule has 0 unspecified atom stereocenters. The van der Waals surface area contributed by atoms with Gasteiger partial charge in [-0.15, -0.1) is 0 Å². The van der Waals surface area contributed by atoms with E-state index >= 15 is 0 Å². The molecule has 0 radical (unpaired) electrons. The fraction of sp³-hybridized carbons (Fsp3) is 0.625. The third-order valence-electron chi connectivity index (χ3n) is 2.20. The van der Waals surface area contributed by atoms with E-state index in [-0.39, 0.29) is 23.7 Å². The number of nitrogens with two attached hydrogens (primary N) is 2. The number of hydrogen-bond acceptors (Lipinski definition) is 5. The summed E-state index contributed by atoms with van der Waals surface area (Å²) in [6.45, 7) is 3.98. The molecule has 0 aromatic carbocycles. The Hall–Kier alpha value is -1.43. The number of amides is 1. The maximum Gasteiger partial charge on any atom is 0.290 e. The molecule has 6 nitrogen and oxygen atoms in total. The van der Waals surface area contributed by atoms with Crippen molar-refractivity contribution in [1.82, 2.24) is 10.1 Å². The highest BCUT2D eigenvalue weighted by Gasteiger charge is 2.21. The summed E-state index contributed by atoms with van der Waals surface area (Å²) in [6, 6.07) is -0.347. The lowest BCUT2D eigenvalue weighted by molar-refractivity contribution is 0.0987. The minimum absolute atomic E-state index is 0.126. The van der Waals surface area contributed by atoms with Gasteiger partial charge in [0.2, 0.25) is 5.89 Å². The first kappa shape index (κ1) is 10.6. The molecule has 0 saturated heterocycles. The van der Waals surface area contributed by atoms with E-state index in [4.69, 9.17) is 16.0 Å². The van der Waals surface area contributed by atoms with Crippen molar-refractivity contribution >= 4 is 5.91 Å². The lowest BCUT2D eigenvalue weighted by Gasteiger charge is -2.12. The van der Waals surface area contributed by atoms with E-state index < -0.39 is 5.91 Å². The fourth-order valence-corrected chi connectivity index (χ4v) is 0.968. The average Bonchev–Trinajstić information content (AvgIpc) is 2.64. The minimum atomic E-state index is -0.712. The first-order valence-electron chi connectivity index (χ1n) is 4.45. The molecule has 14 heavy (non-hydrogen) atoms. The largest absolute Gasteiger partial charge is 0.363 e. The topological polar surface area (TPSA) is 108 Å². The predicted molar refractivity (Wildman–Crippen MR) is 49.2 cm³/mol. The Balaban J connectivity index is 2.81. The third kappa shape index (κ3) is 2.08. The zero-order valence-electron chi connectivity index (χ0n) is 8.23. The first-order valence-corrected chi connectivity index (χ1v) is 4.45. The zero-order chi connectivity index (χ0) is 10.7. The molecular formula is C8H14N4O2. The van der Waals surface area contributed by atoms with Crippen LogP contribution in [0.15, 0.2) is 4.52 Å². The van der Waals surface area contributed by atoms with Gasteiger partial charge in [-0.2, -0.15) is 4.98 Å². The Labute approximate surface area is 81.6 Å². The van der Waals surface area contributed by atoms with Crippen molar-refractivity contribution < 1.29 is 9.32 Å². The highest BCUT2D eigenvalue weighted by molar-refractivity contribution is 5.88. The Bertz CT molecular complexity index is 323. The normalized spacial score (nSPS) is 15.1. The van der Waals surface area contributed by atoms with Crippen molar-refractivity contribution in [2.75, 3.05) is 0 Å². The molecule has 1 amide bonds. The van der Waals surface area contributed by atoms with Crippen molar-refractivity contribution in [2.45, 2.75) is 26.3 Å². The minimum Gasteiger partial charge on any atom is -0.363 e. The van der Waals surface area contributed by atoms with Crippen LogP contribution in [-0.2, 0) is 0 Å². The van der Waals surface area contributed by atoms with Crippen molar-refractivity contribution in [3.05, 3.63) is 11.7 Å². The Morgan fingerprint density at radius 2 is 2.29 bits per heavy atom. The highest BCUT2D eigenvalue weighted by atomic mass is 16.5. The number of aromatic nitrogens is 2. The maximum absolute atomic E-state index is 10.7. The van der Waals surface area contributed by atoms with Crippen LogP contribution in [0.25, 0.3) is 0 Å². The summed E-state index contributed by atoms with van der Waals surface area (Å²) in [5.74, 6) is -0.362. The van der Waals surface area contributed by atoms with Gasteiger partial charge >= 0.3 is 0 Å². The summed E-state index contributed by atoms with van der Waals surface area (Å²) in [6.07, 6.45) is 0.898. The average molecular weight is 198 g/mol. The van der Waals surface area contributed by atoms with Gasteiger partial charge in [0.15, 0.2) is 0 Å². The van der Waals surface area contributed by atoms with Crippen LogP contribution in [0.5, 0.6) is 0 Å². The van der Waals surface area contributed by atoms with Gasteiger partial charge in [-0.05, 0) is 5.92 Å². The smallest absolute Gasteiger partial charge is 0.290 e. The molecule has 1 rings (SSSR count). The second-order valence-electron chi connectivity index (χ2n) is 3.23. The van der Waals surface area contributed by atoms with E-state index in [0.717, 1.165) is 6.42 Å². The molecule has 0 spiro atoms. The number of primary amides is 1. The van der Waals surface area contributed by atoms with Crippen molar-refractivity contribution in [3.63, 3.8) is 0 Å². The second kappa shape index (κ2) is 4.19. The Morgan fingerprint density at radius 3 is 2.71 bits per heavy atom. The fourth-order valence-electron chi connectivity index (χ4n) is 0.968. The number of carbonyl (C=O) groups excluding carboxylic acids is 1. The van der Waals surface area contributed by atoms with Gasteiger partial charge in [-0.25, -0.2) is 0 Å². The molecule has 0 fully saturated rings. The molecule has 0 saturated carbocycles. The van der Waals surface area contributed by atoms with Gasteiger partial charge < -0.3 is 16.0 Å². The first-order chi connectivity index (χ1) is 6.56. The van der Waals surface area contributed by atoms with E-state index in [1.54, 1.807) is 0 Å². The molecule has 78 valence electrons. The molecular weight excluding hydrogens is 184 g/mol. The van der Waals surface area contributed by atoms with Gasteiger partial charge in [0.05, 0.1) is 6.04 Å². The van der Waals surface area contributed by atoms with Crippen LogP contribution in [0.2, 0.25) is 0 Å². The number of hydrogen-bond donors (Lipinski definition) is 2. The Kier molecular flexibility index (Phi) is 3.19. The maximum atomic E-state index is 10.7. The van der Waals surface area contributed by atoms with Crippen LogP contribution in [0.4, 0.5) is 0 Å². The predicted octanol–water partition coefficient (Wildman–Crippen LogP) is 0.214. The number of carbonyl (C=O) groups is 1. The summed E-state index contributed by atoms with van der Waals surface area (Å²) in [5.41, 5.74) is 10.8. The molecule has 1 aromatic rings. The molecule has 0 aliphatic carbocycles. The quantitative estimate of drug-likeness (QED) is 0.719. The van der Waals surface area contributed by atoms with Crippen molar-refractivity contribution in [1.29, 1.82) is 0 Å². The van der Waals surface area contributed by atoms with Crippen LogP contribution in [0.3, 0.4) is 0 Å². The molecule has 1 heterocycles. The summed E-state index contributed by atoms with van der Waals surface area (Å²) in [7, 11) is 0. The van der Waals surface area contributed by atoms with Gasteiger partial charge in [-0.1, -0.05) is 25.4 Å². The zero-order valence-corrected chi connectivity index (χ0v) is 8.23. The van der Waals surface area contributed by atoms with Gasteiger partial charge in [0.25, 0.3) is 11.7 Å². The van der Waals surface area contributed by atoms with E-state index in [0.29, 0.717) is 0 Å². The third-order valence-corrected chi connectivity index (χ3v) is 2.20. The second-order valence-corrected chi connectivity index (χ2v) is 3.23. The van der Waals surface area contributed by atoms with Crippen LogP contribution < -0.4 is 11.5 Å². The number of rotatable bonds is 4. The monoisotopic (exact) mass is 198 g/mol. The van der Waals surface area contributed by atoms with E-state index in [2.05, 4.69) is 10.1 Å². The van der Waals surface area contributed by atoms with Crippen LogP contribution in [-0.4, -0.2) is 16.0 Å². The molecule has 6 heteroatoms. The van der Waals surface area contributed by atoms with E-state index in [1.165, 1.54) is 0 Å². The SMILES string of the molecule is CC[C@H](C)[C@H](N)c1nc(C(N)=O)no1. The lowest BCUT2D eigenvalue weighted by Crippen LogP contribution is -2.19. The molecule has 0 bridgehead atoms. The summed E-state index contributed by atoms with van der Waals surface area (Å²) < 4.78 is 4.82. The summed E-state index contributed by atoms with van der Waals surface area (Å²) >= 11 is 0. The van der Waals surface area contributed by atoms with Crippen LogP contribution in [0.1, 0.15) is 42.8 Å². The van der Waals surface area contributed by atoms with Gasteiger partial charge in [-0.3, -0.25) is 4.79 Å². The van der Waals surface area contributed by atoms with Gasteiger partial charge in [0.1, 0.15) is 0 Å². The Morgan fingerprint density at radius 1 is 1.64 bits per heavy atom. The standard InChI is InChI=1S/C8H14N4O2/c1-3-4(2)5(9)8-11-7(6(10)13)12-14-8/h4-5H,3,9H2,1-2H3,(H2,10,13)/t4-,5-/m0/s1. The van der Waals surface area contributed by atoms with Crippen LogP contribution >= 0.6 is 0 Å². The molecule has 1 aromatic heterocycles. The summed E-state index contributed by atoms with van der Waals surface area (Å²) in [5, 5.41) is 3.41. The lowest BCUT2D eigenvalue weighted by atomic mass is 10.0. The molecule has 4 N–H and O–H groups in total. The van der Waals surface area contributed by atoms with E-state index in [9.17, 15) is 4.79 Å². The van der Waals surface area contributed by atoms with Crippen LogP contribution in [0, 0.1) is 5.92 Å². The number of nitrogens with zero attached hydrogens (tertiary/aromatic N) is 2. The molecule has 2 atom stereocenters. The van der Waals surface area contributed by atoms with Gasteiger partial charge in [0, 0.05) is 0 Å². The van der Waals surface area contributed by atoms with Crippen molar-refractivity contribution in [3.8, 4) is 0 Å². The molecule has 0 aliphatic rings. The molecule has 0 aliphatic heterocycles.